The van der Waals surface area contributed by atoms with Crippen molar-refractivity contribution >= 4 is 72.4 Å². The Morgan fingerprint density at radius 1 is 1.02 bits per heavy atom. The van der Waals surface area contributed by atoms with Gasteiger partial charge in [-0.25, -0.2) is 22.2 Å². The number of aromatic nitrogens is 4. The fourth-order valence-corrected chi connectivity index (χ4v) is 5.89. The second-order valence-corrected chi connectivity index (χ2v) is 12.1. The summed E-state index contributed by atoms with van der Waals surface area (Å²) in [7, 11) is -2.20. The molecule has 15 heteroatoms. The van der Waals surface area contributed by atoms with Gasteiger partial charge in [-0.05, 0) is 48.4 Å². The second kappa shape index (κ2) is 10.3. The van der Waals surface area contributed by atoms with Gasteiger partial charge in [0.2, 0.25) is 10.0 Å². The van der Waals surface area contributed by atoms with Gasteiger partial charge in [0.15, 0.2) is 5.82 Å². The molecule has 0 aliphatic heterocycles. The van der Waals surface area contributed by atoms with Gasteiger partial charge in [0, 0.05) is 18.1 Å². The molecule has 9 nitrogen and oxygen atoms in total. The summed E-state index contributed by atoms with van der Waals surface area (Å²) in [4.78, 5) is 18.7. The first kappa shape index (κ1) is 28.2. The SMILES string of the molecule is Cn1nc(NS(C)(=O)=O)c2c(Cl)ccc(-n3c(C(N)Cc4cc(F)cc(F)c4)nc4cc(Cl)cc(Cl)c4c3=O)c21. The number of nitrogens with two attached hydrogens (primary N) is 1. The number of hydrogen-bond donors (Lipinski definition) is 2. The molecular formula is C25H19Cl3F2N6O3S. The van der Waals surface area contributed by atoms with Crippen LogP contribution < -0.4 is 16.0 Å². The summed E-state index contributed by atoms with van der Waals surface area (Å²) >= 11 is 19.0. The molecule has 0 saturated heterocycles. The molecule has 3 N–H and O–H groups in total. The molecule has 5 aromatic rings. The van der Waals surface area contributed by atoms with E-state index in [1.54, 1.807) is 0 Å². The van der Waals surface area contributed by atoms with E-state index in [9.17, 15) is 22.0 Å². The fourth-order valence-electron chi connectivity index (χ4n) is 4.59. The highest BCUT2D eigenvalue weighted by Crippen LogP contribution is 2.36. The zero-order valence-electron chi connectivity index (χ0n) is 20.7. The van der Waals surface area contributed by atoms with Crippen LogP contribution in [0.25, 0.3) is 27.5 Å². The van der Waals surface area contributed by atoms with E-state index in [4.69, 9.17) is 40.5 Å². The molecule has 1 unspecified atom stereocenters. The van der Waals surface area contributed by atoms with E-state index < -0.39 is 33.3 Å². The lowest BCUT2D eigenvalue weighted by molar-refractivity contribution is 0.572. The highest BCUT2D eigenvalue weighted by atomic mass is 35.5. The molecule has 0 fully saturated rings. The molecule has 2 aromatic heterocycles. The molecule has 1 atom stereocenters. The number of sulfonamides is 1. The Bertz CT molecular complexity index is 1990. The van der Waals surface area contributed by atoms with Crippen LogP contribution in [0.2, 0.25) is 15.1 Å². The van der Waals surface area contributed by atoms with Gasteiger partial charge < -0.3 is 5.73 Å². The number of hydrogen-bond acceptors (Lipinski definition) is 6. The standard InChI is InChI=1S/C25H19Cl3F2N6O3S/c1-35-22-19(4-3-15(27)21(22)23(33-35)34-40(2,38)39)36-24(17(31)7-11-5-13(29)10-14(30)6-11)32-18-9-12(26)8-16(28)20(18)25(36)37/h3-6,8-10,17H,7,31H2,1-2H3,(H,33,34). The minimum absolute atomic E-state index is 0.0166. The Labute approximate surface area is 241 Å². The summed E-state index contributed by atoms with van der Waals surface area (Å²) < 4.78 is 56.7. The van der Waals surface area contributed by atoms with E-state index in [2.05, 4.69) is 14.8 Å². The van der Waals surface area contributed by atoms with Crippen molar-refractivity contribution in [3.05, 3.63) is 90.9 Å². The minimum atomic E-state index is -3.74. The molecule has 3 aromatic carbocycles. The Hall–Kier alpha value is -3.29. The van der Waals surface area contributed by atoms with Crippen molar-refractivity contribution in [3.63, 3.8) is 0 Å². The lowest BCUT2D eigenvalue weighted by atomic mass is 10.0. The van der Waals surface area contributed by atoms with Crippen molar-refractivity contribution in [2.24, 2.45) is 12.8 Å². The third-order valence-electron chi connectivity index (χ3n) is 6.06. The van der Waals surface area contributed by atoms with E-state index in [-0.39, 0.29) is 66.2 Å². The molecule has 2 heterocycles. The van der Waals surface area contributed by atoms with Crippen molar-refractivity contribution in [1.29, 1.82) is 0 Å². The summed E-state index contributed by atoms with van der Waals surface area (Å²) in [5.41, 5.74) is 6.78. The largest absolute Gasteiger partial charge is 0.321 e. The molecule has 0 bridgehead atoms. The lowest BCUT2D eigenvalue weighted by Gasteiger charge is -2.20. The van der Waals surface area contributed by atoms with Crippen LogP contribution in [0.15, 0.2) is 47.3 Å². The van der Waals surface area contributed by atoms with Crippen molar-refractivity contribution in [2.75, 3.05) is 11.0 Å². The number of anilines is 1. The molecule has 40 heavy (non-hydrogen) atoms. The first-order valence-corrected chi connectivity index (χ1v) is 14.5. The van der Waals surface area contributed by atoms with Gasteiger partial charge >= 0.3 is 0 Å². The third-order valence-corrected chi connectivity index (χ3v) is 7.46. The van der Waals surface area contributed by atoms with Crippen molar-refractivity contribution < 1.29 is 17.2 Å². The molecule has 0 aliphatic rings. The van der Waals surface area contributed by atoms with Crippen LogP contribution in [0.3, 0.4) is 0 Å². The molecular weight excluding hydrogens is 609 g/mol. The molecule has 0 radical (unpaired) electrons. The predicted octanol–water partition coefficient (Wildman–Crippen LogP) is 5.12. The van der Waals surface area contributed by atoms with Gasteiger partial charge in [0.05, 0.1) is 49.8 Å². The van der Waals surface area contributed by atoms with Crippen LogP contribution in [0.1, 0.15) is 17.4 Å². The summed E-state index contributed by atoms with van der Waals surface area (Å²) in [6, 6.07) is 7.77. The zero-order chi connectivity index (χ0) is 29.1. The van der Waals surface area contributed by atoms with E-state index in [0.717, 1.165) is 24.5 Å². The van der Waals surface area contributed by atoms with Crippen molar-refractivity contribution in [3.8, 4) is 5.69 Å². The number of nitrogens with one attached hydrogen (secondary N) is 1. The first-order chi connectivity index (χ1) is 18.7. The summed E-state index contributed by atoms with van der Waals surface area (Å²) in [5.74, 6) is -1.61. The Kier molecular flexibility index (Phi) is 7.26. The molecule has 0 aliphatic carbocycles. The van der Waals surface area contributed by atoms with E-state index in [1.807, 2.05) is 0 Å². The quantitative estimate of drug-likeness (QED) is 0.269. The maximum absolute atomic E-state index is 14.1. The Balaban J connectivity index is 1.84. The smallest absolute Gasteiger partial charge is 0.267 e. The number of rotatable bonds is 6. The normalized spacial score (nSPS) is 12.8. The Morgan fingerprint density at radius 2 is 1.70 bits per heavy atom. The predicted molar refractivity (Wildman–Crippen MR) is 152 cm³/mol. The van der Waals surface area contributed by atoms with Gasteiger partial charge in [-0.3, -0.25) is 18.8 Å². The number of halogens is 5. The monoisotopic (exact) mass is 626 g/mol. The lowest BCUT2D eigenvalue weighted by Crippen LogP contribution is -2.30. The van der Waals surface area contributed by atoms with E-state index in [0.29, 0.717) is 0 Å². The second-order valence-electron chi connectivity index (χ2n) is 9.12. The molecule has 5 rings (SSSR count). The average Bonchev–Trinajstić information content (AvgIpc) is 3.13. The van der Waals surface area contributed by atoms with Gasteiger partial charge in [-0.2, -0.15) is 5.10 Å². The minimum Gasteiger partial charge on any atom is -0.321 e. The van der Waals surface area contributed by atoms with E-state index in [1.165, 1.54) is 40.6 Å². The molecule has 208 valence electrons. The highest BCUT2D eigenvalue weighted by Gasteiger charge is 2.25. The molecule has 0 spiro atoms. The summed E-state index contributed by atoms with van der Waals surface area (Å²) in [6.07, 6.45) is 0.868. The average molecular weight is 628 g/mol. The Morgan fingerprint density at radius 3 is 2.35 bits per heavy atom. The van der Waals surface area contributed by atoms with Gasteiger partial charge in [-0.15, -0.1) is 0 Å². The van der Waals surface area contributed by atoms with Crippen molar-refractivity contribution in [2.45, 2.75) is 12.5 Å². The number of aryl methyl sites for hydroxylation is 1. The highest BCUT2D eigenvalue weighted by molar-refractivity contribution is 7.92. The van der Waals surface area contributed by atoms with Crippen LogP contribution in [0.4, 0.5) is 14.6 Å². The molecule has 0 saturated carbocycles. The van der Waals surface area contributed by atoms with Crippen molar-refractivity contribution in [1.82, 2.24) is 19.3 Å². The van der Waals surface area contributed by atoms with Gasteiger partial charge in [-0.1, -0.05) is 34.8 Å². The van der Waals surface area contributed by atoms with Crippen LogP contribution in [0.5, 0.6) is 0 Å². The number of nitrogens with zero attached hydrogens (tertiary/aromatic N) is 4. The van der Waals surface area contributed by atoms with E-state index >= 15 is 0 Å². The topological polar surface area (TPSA) is 125 Å². The first-order valence-electron chi connectivity index (χ1n) is 11.5. The number of benzene rings is 3. The van der Waals surface area contributed by atoms with Crippen LogP contribution in [-0.4, -0.2) is 34.0 Å². The van der Waals surface area contributed by atoms with Gasteiger partial charge in [0.25, 0.3) is 5.56 Å². The fraction of sp³-hybridized carbons (Fsp3) is 0.160. The maximum atomic E-state index is 14.1. The van der Waals surface area contributed by atoms with Crippen LogP contribution >= 0.6 is 34.8 Å². The van der Waals surface area contributed by atoms with Crippen LogP contribution in [0, 0.1) is 11.6 Å². The summed E-state index contributed by atoms with van der Waals surface area (Å²) in [6.45, 7) is 0. The summed E-state index contributed by atoms with van der Waals surface area (Å²) in [5, 5.41) is 4.93. The zero-order valence-corrected chi connectivity index (χ0v) is 23.8. The maximum Gasteiger partial charge on any atom is 0.267 e. The van der Waals surface area contributed by atoms with Crippen LogP contribution in [-0.2, 0) is 23.5 Å². The molecule has 0 amide bonds. The number of fused-ring (bicyclic) bond motifs is 2. The van der Waals surface area contributed by atoms with Gasteiger partial charge in [0.1, 0.15) is 17.5 Å². The third kappa shape index (κ3) is 5.25.